The third kappa shape index (κ3) is 5.69. The molecular formula is C57H35N5O. The van der Waals surface area contributed by atoms with Crippen LogP contribution in [0.5, 0.6) is 0 Å². The molecule has 0 aliphatic heterocycles. The maximum atomic E-state index is 9.93. The molecule has 0 unspecified atom stereocenters. The van der Waals surface area contributed by atoms with E-state index in [1.54, 1.807) is 18.2 Å². The number of hydrogen-bond acceptors (Lipinski definition) is 4. The summed E-state index contributed by atoms with van der Waals surface area (Å²) >= 11 is 0. The van der Waals surface area contributed by atoms with E-state index < -0.39 is 177 Å². The van der Waals surface area contributed by atoms with Gasteiger partial charge >= 0.3 is 0 Å². The number of aromatic nitrogens is 5. The minimum atomic E-state index is -0.827. The monoisotopic (exact) mass is 825 g/mol. The molecule has 6 heteroatoms. The normalized spacial score (nSPS) is 16.3. The summed E-state index contributed by atoms with van der Waals surface area (Å²) in [5.74, 6) is -1.41. The van der Waals surface area contributed by atoms with E-state index in [1.165, 1.54) is 0 Å². The summed E-state index contributed by atoms with van der Waals surface area (Å²) < 4.78 is 188. The smallest absolute Gasteiger partial charge is 0.240 e. The van der Waals surface area contributed by atoms with E-state index in [9.17, 15) is 9.60 Å². The highest BCUT2D eigenvalue weighted by Crippen LogP contribution is 2.38. The van der Waals surface area contributed by atoms with Crippen molar-refractivity contribution in [3.8, 4) is 56.7 Å². The lowest BCUT2D eigenvalue weighted by Crippen LogP contribution is -2.10. The fraction of sp³-hybridized carbons (Fsp3) is 0. The molecule has 0 saturated carbocycles. The van der Waals surface area contributed by atoms with Gasteiger partial charge in [0.05, 0.1) is 49.5 Å². The minimum Gasteiger partial charge on any atom is -0.456 e. The van der Waals surface area contributed by atoms with Crippen LogP contribution >= 0.6 is 0 Å². The molecule has 13 rings (SSSR count). The molecular weight excluding hydrogens is 771 g/mol. The van der Waals surface area contributed by atoms with Crippen molar-refractivity contribution in [3.63, 3.8) is 0 Å². The Labute approximate surface area is 389 Å². The van der Waals surface area contributed by atoms with E-state index in [0.29, 0.717) is 16.7 Å². The number of nitrogens with zero attached hydrogens (tertiary/aromatic N) is 5. The first-order valence-corrected chi connectivity index (χ1v) is 19.5. The molecule has 0 aliphatic rings. The minimum absolute atomic E-state index is 0.231. The van der Waals surface area contributed by atoms with Gasteiger partial charge < -0.3 is 4.42 Å². The predicted molar refractivity (Wildman–Crippen MR) is 258 cm³/mol. The molecule has 0 N–H and O–H groups in total. The van der Waals surface area contributed by atoms with Gasteiger partial charge in [0, 0.05) is 37.9 Å². The lowest BCUT2D eigenvalue weighted by Gasteiger charge is -2.13. The Morgan fingerprint density at radius 2 is 0.873 bits per heavy atom. The molecule has 0 saturated heterocycles. The fourth-order valence-corrected chi connectivity index (χ4v) is 8.14. The second kappa shape index (κ2) is 14.0. The molecule has 0 radical (unpaired) electrons. The van der Waals surface area contributed by atoms with Gasteiger partial charge in [0.15, 0.2) is 5.82 Å². The molecule has 13 aromatic rings. The molecule has 0 bridgehead atoms. The van der Waals surface area contributed by atoms with Crippen LogP contribution in [0.25, 0.3) is 122 Å². The Bertz CT molecular complexity index is 5020. The van der Waals surface area contributed by atoms with Gasteiger partial charge in [0.2, 0.25) is 11.9 Å². The Hall–Kier alpha value is -8.61. The Morgan fingerprint density at radius 1 is 0.349 bits per heavy atom. The van der Waals surface area contributed by atoms with Gasteiger partial charge in [0.25, 0.3) is 0 Å². The van der Waals surface area contributed by atoms with E-state index in [4.69, 9.17) is 37.2 Å². The number of furan rings is 1. The van der Waals surface area contributed by atoms with E-state index >= 15 is 0 Å². The summed E-state index contributed by atoms with van der Waals surface area (Å²) in [4.78, 5) is 14.6. The summed E-state index contributed by atoms with van der Waals surface area (Å²) in [6, 6.07) is 12.9. The fourth-order valence-electron chi connectivity index (χ4n) is 8.14. The van der Waals surface area contributed by atoms with Crippen molar-refractivity contribution in [2.45, 2.75) is 0 Å². The van der Waals surface area contributed by atoms with Crippen LogP contribution in [0.4, 0.5) is 0 Å². The van der Waals surface area contributed by atoms with Crippen molar-refractivity contribution < 1.29 is 31.8 Å². The van der Waals surface area contributed by atoms with E-state index in [0.717, 1.165) is 36.6 Å². The van der Waals surface area contributed by atoms with Gasteiger partial charge in [-0.1, -0.05) is 157 Å². The lowest BCUT2D eigenvalue weighted by atomic mass is 9.97. The van der Waals surface area contributed by atoms with E-state index in [2.05, 4.69) is 0 Å². The largest absolute Gasteiger partial charge is 0.456 e. The number of fused-ring (bicyclic) bond motifs is 9. The van der Waals surface area contributed by atoms with Crippen LogP contribution in [-0.4, -0.2) is 24.1 Å². The molecule has 4 aromatic heterocycles. The molecule has 63 heavy (non-hydrogen) atoms. The molecule has 0 atom stereocenters. The predicted octanol–water partition coefficient (Wildman–Crippen LogP) is 14.6. The molecule has 6 nitrogen and oxygen atoms in total. The van der Waals surface area contributed by atoms with Crippen LogP contribution in [-0.2, 0) is 0 Å². The van der Waals surface area contributed by atoms with Crippen LogP contribution in [0.15, 0.2) is 216 Å². The van der Waals surface area contributed by atoms with Crippen LogP contribution in [0.1, 0.15) is 27.4 Å². The first-order chi connectivity index (χ1) is 39.5. The second-order valence-electron chi connectivity index (χ2n) is 14.5. The van der Waals surface area contributed by atoms with Crippen molar-refractivity contribution in [2.24, 2.45) is 0 Å². The number of para-hydroxylation sites is 4. The highest BCUT2D eigenvalue weighted by atomic mass is 16.3. The highest BCUT2D eigenvalue weighted by Gasteiger charge is 2.21. The Balaban J connectivity index is 1.15. The van der Waals surface area contributed by atoms with Crippen molar-refractivity contribution in [1.29, 1.82) is 0 Å². The zero-order chi connectivity index (χ0) is 58.8. The van der Waals surface area contributed by atoms with Gasteiger partial charge in [-0.05, 0) is 87.9 Å². The average Bonchev–Trinajstić information content (AvgIpc) is 1.79. The second-order valence-corrected chi connectivity index (χ2v) is 14.5. The first kappa shape index (κ1) is 20.8. The molecule has 0 fully saturated rings. The standard InChI is InChI=1S/C57H35N5O/c1-2-14-36(15-3-1)40-28-30-46-45-22-6-10-26-51(45)62(52(46)34-40)57-59-55(58-56(60-57)61-49-24-8-4-20-43(49)44-21-5-9-25-50(44)61)42-19-13-18-39(33-42)37-16-12-17-38(32-37)41-29-31-48-47-23-7-11-27-53(47)63-54(48)35-41/h1-35H/i1D,2D,3D,4D,5D,6D,8D,9D,10D,14D,15D,20D,21D,22D,24D,25D,26D,28D,30D,34D. The molecule has 4 heterocycles. The third-order valence-corrected chi connectivity index (χ3v) is 11.0. The number of rotatable bonds is 6. The van der Waals surface area contributed by atoms with Crippen molar-refractivity contribution in [2.75, 3.05) is 0 Å². The summed E-state index contributed by atoms with van der Waals surface area (Å²) in [5, 5.41) is 0.459. The topological polar surface area (TPSA) is 61.7 Å². The molecule has 0 spiro atoms. The average molecular weight is 826 g/mol. The quantitative estimate of drug-likeness (QED) is 0.168. The third-order valence-electron chi connectivity index (χ3n) is 11.0. The summed E-state index contributed by atoms with van der Waals surface area (Å²) in [7, 11) is 0. The summed E-state index contributed by atoms with van der Waals surface area (Å²) in [6.45, 7) is 0. The van der Waals surface area contributed by atoms with E-state index in [-0.39, 0.29) is 22.2 Å². The van der Waals surface area contributed by atoms with Gasteiger partial charge in [-0.25, -0.2) is 0 Å². The molecule has 0 aliphatic carbocycles. The van der Waals surface area contributed by atoms with Crippen LogP contribution in [0.2, 0.25) is 0 Å². The van der Waals surface area contributed by atoms with Crippen molar-refractivity contribution in [3.05, 3.63) is 212 Å². The lowest BCUT2D eigenvalue weighted by molar-refractivity contribution is 0.669. The van der Waals surface area contributed by atoms with Crippen molar-refractivity contribution in [1.82, 2.24) is 24.1 Å². The molecule has 294 valence electrons. The van der Waals surface area contributed by atoms with E-state index in [1.807, 2.05) is 72.8 Å². The van der Waals surface area contributed by atoms with Crippen molar-refractivity contribution >= 4 is 65.6 Å². The SMILES string of the molecule is [2H]c1c([2H])c([2H])c(-c2c([2H])c([2H])c3c4c([2H])c([2H])c([2H])c([2H])c4n(-c4nc(-c5cccc(-c6cccc(-c7ccc8c(c7)oc7ccccc78)c6)c5)nc(-n5c6c([2H])c([2H])c([2H])c([2H])c6c6c([2H])c([2H])c([2H])c([2H])c65)n4)c3c2[2H])c([2H])c1[2H]. The van der Waals surface area contributed by atoms with Crippen LogP contribution < -0.4 is 0 Å². The zero-order valence-corrected chi connectivity index (χ0v) is 32.3. The maximum Gasteiger partial charge on any atom is 0.240 e. The summed E-state index contributed by atoms with van der Waals surface area (Å²) in [5.41, 5.74) is 1.65. The first-order valence-electron chi connectivity index (χ1n) is 29.5. The Kier molecular flexibility index (Phi) is 4.61. The number of benzene rings is 9. The highest BCUT2D eigenvalue weighted by molar-refractivity contribution is 6.11. The summed E-state index contributed by atoms with van der Waals surface area (Å²) in [6.07, 6.45) is 0. The number of hydrogen-bond donors (Lipinski definition) is 0. The zero-order valence-electron chi connectivity index (χ0n) is 52.3. The molecule has 0 amide bonds. The van der Waals surface area contributed by atoms with Crippen LogP contribution in [0, 0.1) is 0 Å². The van der Waals surface area contributed by atoms with Gasteiger partial charge in [-0.15, -0.1) is 0 Å². The maximum absolute atomic E-state index is 9.93. The van der Waals surface area contributed by atoms with Gasteiger partial charge in [-0.2, -0.15) is 15.0 Å². The van der Waals surface area contributed by atoms with Crippen LogP contribution in [0.3, 0.4) is 0 Å². The van der Waals surface area contributed by atoms with Gasteiger partial charge in [-0.3, -0.25) is 9.13 Å². The Morgan fingerprint density at radius 3 is 1.54 bits per heavy atom. The van der Waals surface area contributed by atoms with Gasteiger partial charge in [0.1, 0.15) is 11.2 Å². The molecule has 9 aromatic carbocycles.